The number of fused-ring (bicyclic) bond motifs is 1. The summed E-state index contributed by atoms with van der Waals surface area (Å²) in [7, 11) is 0. The first kappa shape index (κ1) is 12.8. The molecule has 0 unspecified atom stereocenters. The van der Waals surface area contributed by atoms with Crippen LogP contribution in [0.2, 0.25) is 0 Å². The molecule has 0 bridgehead atoms. The molecule has 4 heteroatoms. The van der Waals surface area contributed by atoms with Crippen molar-refractivity contribution in [2.45, 2.75) is 33.7 Å². The molecule has 0 atom stereocenters. The van der Waals surface area contributed by atoms with E-state index >= 15 is 0 Å². The summed E-state index contributed by atoms with van der Waals surface area (Å²) in [6, 6.07) is 6.36. The van der Waals surface area contributed by atoms with Gasteiger partial charge in [-0.1, -0.05) is 0 Å². The largest absolute Gasteiger partial charge is 0.267 e. The number of aromatic nitrogens is 4. The molecule has 20 heavy (non-hydrogen) atoms. The Balaban J connectivity index is 2.20. The topological polar surface area (TPSA) is 43.6 Å². The molecule has 0 aliphatic rings. The van der Waals surface area contributed by atoms with Crippen LogP contribution >= 0.6 is 0 Å². The third kappa shape index (κ3) is 1.97. The molecule has 0 saturated heterocycles. The highest BCUT2D eigenvalue weighted by Crippen LogP contribution is 2.26. The fraction of sp³-hybridized carbons (Fsp3) is 0.312. The highest BCUT2D eigenvalue weighted by molar-refractivity contribution is 5.81. The lowest BCUT2D eigenvalue weighted by Gasteiger charge is -2.09. The molecule has 0 spiro atoms. The molecule has 102 valence electrons. The van der Waals surface area contributed by atoms with Gasteiger partial charge in [0.25, 0.3) is 0 Å². The smallest absolute Gasteiger partial charge is 0.0916 e. The van der Waals surface area contributed by atoms with Crippen molar-refractivity contribution in [2.75, 3.05) is 0 Å². The normalized spacial score (nSPS) is 11.4. The van der Waals surface area contributed by atoms with Gasteiger partial charge in [0.2, 0.25) is 0 Å². The van der Waals surface area contributed by atoms with Crippen LogP contribution in [-0.4, -0.2) is 19.7 Å². The minimum absolute atomic E-state index is 0.354. The summed E-state index contributed by atoms with van der Waals surface area (Å²) in [5, 5.41) is 4.46. The Bertz CT molecular complexity index is 771. The van der Waals surface area contributed by atoms with Gasteiger partial charge in [-0.15, -0.1) is 0 Å². The van der Waals surface area contributed by atoms with Crippen molar-refractivity contribution >= 4 is 11.0 Å². The van der Waals surface area contributed by atoms with Crippen LogP contribution in [-0.2, 0) is 0 Å². The molecule has 3 heterocycles. The average molecular weight is 266 g/mol. The number of nitrogens with zero attached hydrogens (tertiary/aromatic N) is 4. The van der Waals surface area contributed by atoms with E-state index in [2.05, 4.69) is 43.8 Å². The molecule has 0 amide bonds. The molecule has 3 aromatic rings. The molecular weight excluding hydrogens is 248 g/mol. The SMILES string of the molecule is Cc1cc(-c2cnn(C(C)C)c2C)nc2cccnc12. The zero-order valence-corrected chi connectivity index (χ0v) is 12.3. The van der Waals surface area contributed by atoms with Gasteiger partial charge in [0, 0.05) is 23.5 Å². The van der Waals surface area contributed by atoms with Crippen molar-refractivity contribution in [2.24, 2.45) is 0 Å². The van der Waals surface area contributed by atoms with E-state index in [0.29, 0.717) is 6.04 Å². The Hall–Kier alpha value is -2.23. The monoisotopic (exact) mass is 266 g/mol. The maximum Gasteiger partial charge on any atom is 0.0916 e. The van der Waals surface area contributed by atoms with Crippen molar-refractivity contribution in [3.63, 3.8) is 0 Å². The van der Waals surface area contributed by atoms with Gasteiger partial charge in [-0.25, -0.2) is 4.98 Å². The van der Waals surface area contributed by atoms with Gasteiger partial charge in [0.1, 0.15) is 0 Å². The van der Waals surface area contributed by atoms with Crippen LogP contribution in [0.4, 0.5) is 0 Å². The van der Waals surface area contributed by atoms with E-state index in [1.54, 1.807) is 6.20 Å². The predicted octanol–water partition coefficient (Wildman–Crippen LogP) is 3.69. The number of rotatable bonds is 2. The van der Waals surface area contributed by atoms with Gasteiger partial charge in [0.15, 0.2) is 0 Å². The Labute approximate surface area is 118 Å². The molecule has 0 fully saturated rings. The molecule has 0 radical (unpaired) electrons. The number of hydrogen-bond acceptors (Lipinski definition) is 3. The second kappa shape index (κ2) is 4.71. The molecule has 0 N–H and O–H groups in total. The summed E-state index contributed by atoms with van der Waals surface area (Å²) in [6.45, 7) is 8.43. The van der Waals surface area contributed by atoms with Crippen LogP contribution in [0.25, 0.3) is 22.3 Å². The minimum atomic E-state index is 0.354. The number of hydrogen-bond donors (Lipinski definition) is 0. The van der Waals surface area contributed by atoms with Crippen molar-refractivity contribution < 1.29 is 0 Å². The first-order valence-corrected chi connectivity index (χ1v) is 6.85. The van der Waals surface area contributed by atoms with Gasteiger partial charge in [0.05, 0.1) is 22.9 Å². The Morgan fingerprint density at radius 2 is 2.00 bits per heavy atom. The highest BCUT2D eigenvalue weighted by atomic mass is 15.3. The lowest BCUT2D eigenvalue weighted by molar-refractivity contribution is 0.519. The zero-order valence-electron chi connectivity index (χ0n) is 12.3. The maximum absolute atomic E-state index is 4.72. The summed E-state index contributed by atoms with van der Waals surface area (Å²) in [5.74, 6) is 0. The maximum atomic E-state index is 4.72. The third-order valence-electron chi connectivity index (χ3n) is 3.56. The molecule has 0 saturated carbocycles. The van der Waals surface area contributed by atoms with Gasteiger partial charge in [-0.2, -0.15) is 5.10 Å². The minimum Gasteiger partial charge on any atom is -0.267 e. The Morgan fingerprint density at radius 1 is 1.20 bits per heavy atom. The highest BCUT2D eigenvalue weighted by Gasteiger charge is 2.13. The van der Waals surface area contributed by atoms with E-state index in [1.165, 1.54) is 0 Å². The lowest BCUT2D eigenvalue weighted by atomic mass is 10.1. The van der Waals surface area contributed by atoms with Crippen molar-refractivity contribution in [1.29, 1.82) is 0 Å². The summed E-state index contributed by atoms with van der Waals surface area (Å²) in [6.07, 6.45) is 3.71. The molecule has 3 rings (SSSR count). The molecule has 0 aliphatic heterocycles. The summed E-state index contributed by atoms with van der Waals surface area (Å²) in [4.78, 5) is 9.11. The van der Waals surface area contributed by atoms with Crippen LogP contribution in [0, 0.1) is 13.8 Å². The van der Waals surface area contributed by atoms with Crippen LogP contribution in [0.5, 0.6) is 0 Å². The second-order valence-corrected chi connectivity index (χ2v) is 5.38. The van der Waals surface area contributed by atoms with Crippen molar-refractivity contribution in [1.82, 2.24) is 19.7 Å². The second-order valence-electron chi connectivity index (χ2n) is 5.38. The summed E-state index contributed by atoms with van der Waals surface area (Å²) >= 11 is 0. The first-order chi connectivity index (χ1) is 9.58. The van der Waals surface area contributed by atoms with Crippen LogP contribution < -0.4 is 0 Å². The number of pyridine rings is 2. The molecular formula is C16H18N4. The molecule has 3 aromatic heterocycles. The quantitative estimate of drug-likeness (QED) is 0.710. The standard InChI is InChI=1S/C16H18N4/c1-10(2)20-12(4)13(9-18-20)15-8-11(3)16-14(19-15)6-5-7-17-16/h5-10H,1-4H3. The van der Waals surface area contributed by atoms with Crippen LogP contribution in [0.3, 0.4) is 0 Å². The van der Waals surface area contributed by atoms with E-state index in [-0.39, 0.29) is 0 Å². The van der Waals surface area contributed by atoms with Gasteiger partial charge in [-0.05, 0) is 51.5 Å². The summed E-state index contributed by atoms with van der Waals surface area (Å²) < 4.78 is 2.03. The fourth-order valence-corrected chi connectivity index (χ4v) is 2.56. The van der Waals surface area contributed by atoms with E-state index in [9.17, 15) is 0 Å². The van der Waals surface area contributed by atoms with Crippen LogP contribution in [0.15, 0.2) is 30.6 Å². The molecule has 4 nitrogen and oxygen atoms in total. The molecule has 0 aliphatic carbocycles. The van der Waals surface area contributed by atoms with Crippen molar-refractivity contribution in [3.05, 3.63) is 41.9 Å². The Kier molecular flexibility index (Phi) is 3.01. The van der Waals surface area contributed by atoms with Gasteiger partial charge < -0.3 is 0 Å². The fourth-order valence-electron chi connectivity index (χ4n) is 2.56. The zero-order chi connectivity index (χ0) is 14.3. The summed E-state index contributed by atoms with van der Waals surface area (Å²) in [5.41, 5.74) is 6.24. The number of aryl methyl sites for hydroxylation is 1. The van der Waals surface area contributed by atoms with E-state index in [4.69, 9.17) is 4.98 Å². The van der Waals surface area contributed by atoms with Crippen molar-refractivity contribution in [3.8, 4) is 11.3 Å². The van der Waals surface area contributed by atoms with E-state index in [0.717, 1.165) is 33.5 Å². The van der Waals surface area contributed by atoms with E-state index < -0.39 is 0 Å². The van der Waals surface area contributed by atoms with Gasteiger partial charge >= 0.3 is 0 Å². The average Bonchev–Trinajstić information content (AvgIpc) is 2.80. The van der Waals surface area contributed by atoms with E-state index in [1.807, 2.05) is 23.0 Å². The lowest BCUT2D eigenvalue weighted by Crippen LogP contribution is -2.04. The third-order valence-corrected chi connectivity index (χ3v) is 3.56. The predicted molar refractivity (Wildman–Crippen MR) is 80.6 cm³/mol. The van der Waals surface area contributed by atoms with Gasteiger partial charge in [-0.3, -0.25) is 9.67 Å². The van der Waals surface area contributed by atoms with Crippen LogP contribution in [0.1, 0.15) is 31.1 Å². The molecule has 0 aromatic carbocycles. The first-order valence-electron chi connectivity index (χ1n) is 6.85. The Morgan fingerprint density at radius 3 is 2.70 bits per heavy atom.